The molecule has 14 heteroatoms. The number of benzene rings is 18. The normalized spacial score (nSPS) is 12.5. The molecule has 642 valence electrons. The molecule has 30 rings (SSSR count). The van der Waals surface area contributed by atoms with Crippen LogP contribution in [0.15, 0.2) is 436 Å². The van der Waals surface area contributed by atoms with Gasteiger partial charge in [0.2, 0.25) is 17.1 Å². The fourth-order valence-corrected chi connectivity index (χ4v) is 22.8. The maximum absolute atomic E-state index is 6.39. The third-order valence-electron chi connectivity index (χ3n) is 27.7. The van der Waals surface area contributed by atoms with E-state index < -0.39 is 0 Å². The molecule has 11 heterocycles. The predicted molar refractivity (Wildman–Crippen MR) is 561 cm³/mol. The first-order valence-electron chi connectivity index (χ1n) is 46.1. The van der Waals surface area contributed by atoms with Crippen molar-refractivity contribution in [2.24, 2.45) is 0 Å². The Morgan fingerprint density at radius 3 is 1.14 bits per heavy atom. The molecule has 0 atom stereocenters. The monoisotopic (exact) mass is 1770 g/mol. The molecule has 0 bridgehead atoms. The number of nitrogens with zero attached hydrogens (tertiary/aromatic N) is 9. The van der Waals surface area contributed by atoms with Crippen LogP contribution in [0.3, 0.4) is 0 Å². The number of fused-ring (bicyclic) bond motifs is 30. The summed E-state index contributed by atoms with van der Waals surface area (Å²) in [5.41, 5.74) is 29.7. The van der Waals surface area contributed by atoms with Crippen molar-refractivity contribution < 1.29 is 17.7 Å². The van der Waals surface area contributed by atoms with Crippen LogP contribution >= 0.6 is 11.3 Å². The van der Waals surface area contributed by atoms with Crippen molar-refractivity contribution in [1.29, 1.82) is 0 Å². The van der Waals surface area contributed by atoms with Gasteiger partial charge < -0.3 is 31.4 Å². The van der Waals surface area contributed by atoms with E-state index in [1.54, 1.807) is 0 Å². The maximum atomic E-state index is 6.39. The van der Waals surface area contributed by atoms with E-state index in [0.717, 1.165) is 155 Å². The lowest BCUT2D eigenvalue weighted by atomic mass is 9.82. The quantitative estimate of drug-likeness (QED) is 0.137. The number of hydrogen-bond acceptors (Lipinski definition) is 11. The summed E-state index contributed by atoms with van der Waals surface area (Å²) >= 11 is 1.85. The zero-order chi connectivity index (χ0) is 90.2. The highest BCUT2D eigenvalue weighted by Crippen LogP contribution is 2.55. The molecule has 0 unspecified atom stereocenters. The van der Waals surface area contributed by atoms with Crippen molar-refractivity contribution in [2.75, 3.05) is 0 Å². The van der Waals surface area contributed by atoms with Gasteiger partial charge in [-0.1, -0.05) is 341 Å². The third kappa shape index (κ3) is 12.0. The van der Waals surface area contributed by atoms with Crippen LogP contribution in [0.4, 0.5) is 0 Å². The summed E-state index contributed by atoms with van der Waals surface area (Å²) < 4.78 is 35.3. The third-order valence-corrected chi connectivity index (χ3v) is 28.9. The van der Waals surface area contributed by atoms with E-state index >= 15 is 0 Å². The highest BCUT2D eigenvalue weighted by Gasteiger charge is 2.38. The summed E-state index contributed by atoms with van der Waals surface area (Å²) in [5.74, 6) is 1.91. The van der Waals surface area contributed by atoms with E-state index in [0.29, 0.717) is 34.6 Å². The summed E-state index contributed by atoms with van der Waals surface area (Å²) in [6.07, 6.45) is 0. The average Bonchev–Trinajstić information content (AvgIpc) is 1.54. The zero-order valence-electron chi connectivity index (χ0n) is 73.9. The van der Waals surface area contributed by atoms with Gasteiger partial charge in [0.25, 0.3) is 0 Å². The van der Waals surface area contributed by atoms with E-state index in [9.17, 15) is 0 Å². The maximum Gasteiger partial charge on any atom is 0.231 e. The molecule has 0 N–H and O–H groups in total. The molecule has 1 aliphatic carbocycles. The standard InChI is InChI=1S/C43H29N3O.C40H23N3O2.C40H23N3OS/c1-43(2)33-20-9-6-18-31(33)37-34(43)24-23-30-29-17-7-10-21-35(29)46(40(30)37)28-16-12-15-27(25-28)39-38-32-19-8-11-22-36(32)47-42(38)45-41(44-39)26-13-4-3-5-14-26;1-2-12-24(13-3-1)39-41-37(36-29-17-7-11-21-33(29)45-40(36)42-39)27-15-5-9-19-31(27)43-30-18-8-4-14-25(30)26-22-23-34-35(38(26)43)28-16-6-10-20-32(28)44-34;1-2-12-24(13-3-1)39-41-37(36-28-16-6-10-20-32(28)44-40(36)42-39)27-15-5-9-19-31(27)43-30-18-8-4-14-25(30)26-22-23-34-35(38(26)43)29-17-7-11-21-33(29)45-34/h3-25H,1-2H3;2*1-23H. The Labute approximate surface area is 786 Å². The molecular weight excluding hydrogens is 1700 g/mol. The Morgan fingerprint density at radius 1 is 0.234 bits per heavy atom. The van der Waals surface area contributed by atoms with Crippen molar-refractivity contribution in [2.45, 2.75) is 19.3 Å². The van der Waals surface area contributed by atoms with E-state index in [-0.39, 0.29) is 5.41 Å². The van der Waals surface area contributed by atoms with Crippen molar-refractivity contribution in [1.82, 2.24) is 43.6 Å². The summed E-state index contributed by atoms with van der Waals surface area (Å²) in [4.78, 5) is 30.6. The summed E-state index contributed by atoms with van der Waals surface area (Å²) in [6.45, 7) is 4.69. The molecule has 0 fully saturated rings. The second-order valence-electron chi connectivity index (χ2n) is 35.7. The van der Waals surface area contributed by atoms with Crippen LogP contribution < -0.4 is 0 Å². The molecule has 13 nitrogen and oxygen atoms in total. The van der Waals surface area contributed by atoms with E-state index in [4.69, 9.17) is 47.6 Å². The van der Waals surface area contributed by atoms with Crippen LogP contribution in [-0.4, -0.2) is 43.6 Å². The van der Waals surface area contributed by atoms with Crippen LogP contribution in [0.1, 0.15) is 25.0 Å². The van der Waals surface area contributed by atoms with E-state index in [2.05, 4.69) is 288 Å². The van der Waals surface area contributed by atoms with Gasteiger partial charge in [-0.15, -0.1) is 11.3 Å². The van der Waals surface area contributed by atoms with Crippen LogP contribution in [0.25, 0.3) is 270 Å². The summed E-state index contributed by atoms with van der Waals surface area (Å²) in [7, 11) is 0. The molecule has 1 aliphatic rings. The molecule has 0 saturated carbocycles. The highest BCUT2D eigenvalue weighted by atomic mass is 32.1. The number of rotatable bonds is 9. The van der Waals surface area contributed by atoms with Crippen molar-refractivity contribution >= 4 is 185 Å². The minimum atomic E-state index is -0.0913. The Hall–Kier alpha value is -18.0. The molecule has 18 aromatic carbocycles. The van der Waals surface area contributed by atoms with E-state index in [1.807, 2.05) is 169 Å². The largest absolute Gasteiger partial charge is 0.456 e. The number of para-hydroxylation sites is 9. The van der Waals surface area contributed by atoms with Gasteiger partial charge in [0.1, 0.15) is 27.9 Å². The van der Waals surface area contributed by atoms with E-state index in [1.165, 1.54) is 91.3 Å². The zero-order valence-corrected chi connectivity index (χ0v) is 74.7. The lowest BCUT2D eigenvalue weighted by Crippen LogP contribution is -2.14. The van der Waals surface area contributed by atoms with Crippen molar-refractivity contribution in [3.05, 3.63) is 430 Å². The first-order valence-corrected chi connectivity index (χ1v) is 46.9. The van der Waals surface area contributed by atoms with Crippen LogP contribution in [-0.2, 0) is 5.41 Å². The number of furan rings is 4. The van der Waals surface area contributed by atoms with Gasteiger partial charge in [0, 0.05) is 124 Å². The Bertz CT molecular complexity index is 9690. The van der Waals surface area contributed by atoms with Gasteiger partial charge in [-0.3, -0.25) is 0 Å². The smallest absolute Gasteiger partial charge is 0.231 e. The van der Waals surface area contributed by atoms with Crippen molar-refractivity contribution in [3.63, 3.8) is 0 Å². The summed E-state index contributed by atoms with van der Waals surface area (Å²) in [6, 6.07) is 146. The fraction of sp³-hybridized carbons (Fsp3) is 0.0244. The predicted octanol–water partition coefficient (Wildman–Crippen LogP) is 33.0. The second kappa shape index (κ2) is 30.5. The fourth-order valence-electron chi connectivity index (χ4n) is 21.7. The average molecular weight is 1780 g/mol. The molecule has 29 aromatic rings. The van der Waals surface area contributed by atoms with Gasteiger partial charge in [-0.05, 0) is 108 Å². The van der Waals surface area contributed by atoms with Crippen LogP contribution in [0.5, 0.6) is 0 Å². The van der Waals surface area contributed by atoms with Crippen molar-refractivity contribution in [3.8, 4) is 96.1 Å². The molecule has 137 heavy (non-hydrogen) atoms. The molecule has 0 amide bonds. The Balaban J connectivity index is 0.000000102. The Kier molecular flexibility index (Phi) is 17.3. The van der Waals surface area contributed by atoms with Gasteiger partial charge in [0.15, 0.2) is 17.5 Å². The van der Waals surface area contributed by atoms with Crippen LogP contribution in [0.2, 0.25) is 0 Å². The highest BCUT2D eigenvalue weighted by molar-refractivity contribution is 7.26. The molecule has 0 spiro atoms. The molecule has 0 aliphatic heterocycles. The van der Waals surface area contributed by atoms with Gasteiger partial charge in [-0.25, -0.2) is 15.0 Å². The molecule has 0 radical (unpaired) electrons. The SMILES string of the molecule is CC1(C)c2ccccc2-c2c1ccc1c3ccccc3n(-c3cccc(-c4nc(-c5ccccc5)nc5oc6ccccc6c45)c3)c21.c1ccc(-c2nc(-c3ccccc3-n3c4ccccc4c4ccc5oc6ccccc6c5c43)c3c(n2)oc2ccccc23)cc1.c1ccc(-c2nc(-c3ccccc3-n3c4ccccc4c4ccc5sc6ccccc6c5c43)c3c(n2)oc2ccccc23)cc1. The number of hydrogen-bond donors (Lipinski definition) is 0. The topological polar surface area (TPSA) is 145 Å². The molecule has 0 saturated heterocycles. The lowest BCUT2D eigenvalue weighted by Gasteiger charge is -2.21. The van der Waals surface area contributed by atoms with Gasteiger partial charge in [0.05, 0.1) is 83.1 Å². The van der Waals surface area contributed by atoms with Crippen LogP contribution in [0, 0.1) is 0 Å². The number of aromatic nitrogens is 9. The Morgan fingerprint density at radius 2 is 0.613 bits per heavy atom. The minimum Gasteiger partial charge on any atom is -0.456 e. The first kappa shape index (κ1) is 77.8. The first-order chi connectivity index (χ1) is 67.7. The minimum absolute atomic E-state index is 0.0913. The molecule has 11 aromatic heterocycles. The number of thiophene rings is 1. The molecular formula is C123H75N9O4S. The summed E-state index contributed by atoms with van der Waals surface area (Å²) in [5, 5.41) is 17.8. The lowest BCUT2D eigenvalue weighted by molar-refractivity contribution is 0.653. The second-order valence-corrected chi connectivity index (χ2v) is 36.8. The van der Waals surface area contributed by atoms with Gasteiger partial charge >= 0.3 is 0 Å². The van der Waals surface area contributed by atoms with Gasteiger partial charge in [-0.2, -0.15) is 15.0 Å².